The van der Waals surface area contributed by atoms with E-state index in [9.17, 15) is 9.59 Å². The summed E-state index contributed by atoms with van der Waals surface area (Å²) in [4.78, 5) is 34.6. The highest BCUT2D eigenvalue weighted by Gasteiger charge is 2.31. The van der Waals surface area contributed by atoms with Crippen LogP contribution in [-0.4, -0.2) is 44.8 Å². The van der Waals surface area contributed by atoms with Crippen molar-refractivity contribution in [2.75, 3.05) is 13.1 Å². The number of fused-ring (bicyclic) bond motifs is 1. The van der Waals surface area contributed by atoms with Crippen molar-refractivity contribution >= 4 is 28.4 Å². The van der Waals surface area contributed by atoms with Crippen molar-refractivity contribution in [1.82, 2.24) is 19.8 Å². The van der Waals surface area contributed by atoms with Gasteiger partial charge < -0.3 is 14.9 Å². The number of nitrogens with one attached hydrogen (secondary N) is 2. The van der Waals surface area contributed by atoms with E-state index in [2.05, 4.69) is 20.9 Å². The summed E-state index contributed by atoms with van der Waals surface area (Å²) in [6.45, 7) is 4.78. The number of carbonyl (C=O) groups excluding carboxylic acids is 1. The maximum Gasteiger partial charge on any atom is 0.247 e. The second kappa shape index (κ2) is 8.89. The number of nitrogens with zero attached hydrogens (tertiary/aromatic N) is 2. The van der Waals surface area contributed by atoms with Crippen LogP contribution in [0.2, 0.25) is 5.02 Å². The van der Waals surface area contributed by atoms with Gasteiger partial charge in [0.2, 0.25) is 11.5 Å². The van der Waals surface area contributed by atoms with Crippen molar-refractivity contribution in [1.29, 1.82) is 0 Å². The van der Waals surface area contributed by atoms with E-state index in [-0.39, 0.29) is 17.5 Å². The highest BCUT2D eigenvalue weighted by atomic mass is 35.5. The summed E-state index contributed by atoms with van der Waals surface area (Å²) < 4.78 is 0. The predicted molar refractivity (Wildman–Crippen MR) is 131 cm³/mol. The Bertz CT molecular complexity index is 1340. The summed E-state index contributed by atoms with van der Waals surface area (Å²) >= 11 is 6.10. The highest BCUT2D eigenvalue weighted by Crippen LogP contribution is 2.23. The van der Waals surface area contributed by atoms with Crippen LogP contribution in [0.3, 0.4) is 0 Å². The third-order valence-corrected chi connectivity index (χ3v) is 6.57. The van der Waals surface area contributed by atoms with Gasteiger partial charge in [0.15, 0.2) is 0 Å². The van der Waals surface area contributed by atoms with Gasteiger partial charge in [-0.15, -0.1) is 0 Å². The molecule has 3 heterocycles. The van der Waals surface area contributed by atoms with E-state index in [4.69, 9.17) is 11.6 Å². The second-order valence-electron chi connectivity index (χ2n) is 8.57. The lowest BCUT2D eigenvalue weighted by Gasteiger charge is -2.39. The number of rotatable bonds is 5. The van der Waals surface area contributed by atoms with Crippen LogP contribution in [0.4, 0.5) is 0 Å². The van der Waals surface area contributed by atoms with Gasteiger partial charge in [-0.25, -0.2) is 0 Å². The van der Waals surface area contributed by atoms with Crippen molar-refractivity contribution < 1.29 is 4.79 Å². The number of aromatic nitrogens is 2. The van der Waals surface area contributed by atoms with Crippen molar-refractivity contribution in [2.24, 2.45) is 0 Å². The van der Waals surface area contributed by atoms with Crippen molar-refractivity contribution in [3.05, 3.63) is 93.5 Å². The van der Waals surface area contributed by atoms with E-state index in [1.807, 2.05) is 54.3 Å². The summed E-state index contributed by atoms with van der Waals surface area (Å²) in [5, 5.41) is 1.80. The summed E-state index contributed by atoms with van der Waals surface area (Å²) in [5.74, 6) is 0.144. The first-order valence-corrected chi connectivity index (χ1v) is 11.4. The molecule has 0 spiro atoms. The molecule has 7 heteroatoms. The monoisotopic (exact) mass is 460 g/mol. The van der Waals surface area contributed by atoms with E-state index >= 15 is 0 Å². The second-order valence-corrected chi connectivity index (χ2v) is 9.01. The van der Waals surface area contributed by atoms with Crippen LogP contribution < -0.4 is 5.56 Å². The van der Waals surface area contributed by atoms with Gasteiger partial charge in [-0.1, -0.05) is 35.9 Å². The summed E-state index contributed by atoms with van der Waals surface area (Å²) in [6, 6.07) is 19.2. The summed E-state index contributed by atoms with van der Waals surface area (Å²) in [5.41, 5.74) is 5.09. The fourth-order valence-electron chi connectivity index (χ4n) is 4.43. The average Bonchev–Trinajstić information content (AvgIpc) is 3.21. The van der Waals surface area contributed by atoms with E-state index in [1.165, 1.54) is 6.07 Å². The molecule has 2 N–H and O–H groups in total. The van der Waals surface area contributed by atoms with Gasteiger partial charge in [0.1, 0.15) is 0 Å². The molecule has 1 atom stereocenters. The number of hydrogen-bond acceptors (Lipinski definition) is 3. The van der Waals surface area contributed by atoms with Gasteiger partial charge in [-0.3, -0.25) is 14.5 Å². The van der Waals surface area contributed by atoms with Gasteiger partial charge in [0.05, 0.1) is 6.04 Å². The fraction of sp³-hybridized carbons (Fsp3) is 0.231. The molecule has 1 amide bonds. The smallest absolute Gasteiger partial charge is 0.247 e. The Morgan fingerprint density at radius 1 is 0.939 bits per heavy atom. The zero-order valence-corrected chi connectivity index (χ0v) is 19.1. The molecule has 0 radical (unpaired) electrons. The molecule has 168 valence electrons. The third-order valence-electron chi connectivity index (χ3n) is 6.33. The van der Waals surface area contributed by atoms with Gasteiger partial charge in [0, 0.05) is 60.1 Å². The number of carbonyl (C=O) groups is 1. The van der Waals surface area contributed by atoms with Crippen molar-refractivity contribution in [3.8, 4) is 11.1 Å². The topological polar surface area (TPSA) is 72.2 Å². The summed E-state index contributed by atoms with van der Waals surface area (Å²) in [6.07, 6.45) is 1.71. The number of hydrogen-bond donors (Lipinski definition) is 2. The van der Waals surface area contributed by atoms with Crippen LogP contribution >= 0.6 is 11.6 Å². The van der Waals surface area contributed by atoms with Crippen LogP contribution in [0.25, 0.3) is 22.0 Å². The minimum Gasteiger partial charge on any atom is -0.357 e. The summed E-state index contributed by atoms with van der Waals surface area (Å²) in [7, 11) is 0. The van der Waals surface area contributed by atoms with Crippen LogP contribution in [0, 0.1) is 0 Å². The average molecular weight is 461 g/mol. The Hall–Kier alpha value is -3.35. The van der Waals surface area contributed by atoms with E-state index in [1.54, 1.807) is 12.3 Å². The first-order chi connectivity index (χ1) is 16.0. The molecule has 1 saturated heterocycles. The number of piperazine rings is 1. The molecule has 1 fully saturated rings. The molecule has 1 aliphatic heterocycles. The largest absolute Gasteiger partial charge is 0.357 e. The van der Waals surface area contributed by atoms with Crippen molar-refractivity contribution in [3.63, 3.8) is 0 Å². The number of H-pyrrole nitrogens is 2. The van der Waals surface area contributed by atoms with Gasteiger partial charge in [-0.05, 0) is 53.9 Å². The Kier molecular flexibility index (Phi) is 5.79. The quantitative estimate of drug-likeness (QED) is 0.463. The SMILES string of the molecule is CC1C(=O)N(Cc2ccc(-c3ccc(=O)[nH]c3)cc2)CCN1Cc1cc2cc(Cl)ccc2[nH]1. The Morgan fingerprint density at radius 3 is 2.48 bits per heavy atom. The Balaban J connectivity index is 1.23. The first-order valence-electron chi connectivity index (χ1n) is 11.0. The predicted octanol–water partition coefficient (Wildman–Crippen LogP) is 4.41. The Morgan fingerprint density at radius 2 is 1.73 bits per heavy atom. The maximum atomic E-state index is 13.1. The third kappa shape index (κ3) is 4.58. The molecule has 4 aromatic rings. The lowest BCUT2D eigenvalue weighted by molar-refractivity contribution is -0.142. The lowest BCUT2D eigenvalue weighted by atomic mass is 10.0. The zero-order chi connectivity index (χ0) is 22.9. The molecule has 1 aliphatic rings. The molecule has 2 aromatic carbocycles. The van der Waals surface area contributed by atoms with Crippen LogP contribution in [0.15, 0.2) is 71.7 Å². The number of benzene rings is 2. The number of aromatic amines is 2. The molecule has 0 saturated carbocycles. The molecule has 33 heavy (non-hydrogen) atoms. The maximum absolute atomic E-state index is 13.1. The van der Waals surface area contributed by atoms with E-state index in [0.29, 0.717) is 19.6 Å². The van der Waals surface area contributed by atoms with E-state index < -0.39 is 0 Å². The first kappa shape index (κ1) is 21.5. The lowest BCUT2D eigenvalue weighted by Crippen LogP contribution is -2.54. The zero-order valence-electron chi connectivity index (χ0n) is 18.3. The van der Waals surface area contributed by atoms with Crippen LogP contribution in [-0.2, 0) is 17.9 Å². The minimum absolute atomic E-state index is 0.115. The molecule has 5 rings (SSSR count). The van der Waals surface area contributed by atoms with Crippen LogP contribution in [0.5, 0.6) is 0 Å². The van der Waals surface area contributed by atoms with Gasteiger partial charge >= 0.3 is 0 Å². The van der Waals surface area contributed by atoms with Gasteiger partial charge in [-0.2, -0.15) is 0 Å². The standard InChI is InChI=1S/C26H25ClN4O2/c1-17-26(33)31(15-18-2-4-19(5-3-18)20-6-9-25(32)28-14-20)11-10-30(17)16-23-13-21-12-22(27)7-8-24(21)29-23/h2-9,12-14,17,29H,10-11,15-16H2,1H3,(H,28,32). The van der Waals surface area contributed by atoms with E-state index in [0.717, 1.165) is 44.9 Å². The molecular formula is C26H25ClN4O2. The molecule has 0 bridgehead atoms. The number of pyridine rings is 1. The number of amides is 1. The normalized spacial score (nSPS) is 17.1. The number of halogens is 1. The molecule has 0 aliphatic carbocycles. The molecular weight excluding hydrogens is 436 g/mol. The molecule has 6 nitrogen and oxygen atoms in total. The minimum atomic E-state index is -0.186. The molecule has 2 aromatic heterocycles. The fourth-order valence-corrected chi connectivity index (χ4v) is 4.61. The van der Waals surface area contributed by atoms with Crippen LogP contribution in [0.1, 0.15) is 18.2 Å². The highest BCUT2D eigenvalue weighted by molar-refractivity contribution is 6.31. The van der Waals surface area contributed by atoms with Gasteiger partial charge in [0.25, 0.3) is 0 Å². The van der Waals surface area contributed by atoms with Crippen molar-refractivity contribution in [2.45, 2.75) is 26.1 Å². The molecule has 1 unspecified atom stereocenters. The Labute approximate surface area is 196 Å².